The Hall–Kier alpha value is -1.95. The van der Waals surface area contributed by atoms with Crippen LogP contribution in [0.15, 0.2) is 24.5 Å². The van der Waals surface area contributed by atoms with E-state index in [2.05, 4.69) is 10.3 Å². The van der Waals surface area contributed by atoms with Crippen LogP contribution in [-0.2, 0) is 20.9 Å². The Morgan fingerprint density at radius 1 is 1.32 bits per heavy atom. The molecule has 1 unspecified atom stereocenters. The van der Waals surface area contributed by atoms with Crippen molar-refractivity contribution in [2.24, 2.45) is 5.92 Å². The van der Waals surface area contributed by atoms with Gasteiger partial charge in [0.1, 0.15) is 0 Å². The number of aromatic nitrogens is 1. The van der Waals surface area contributed by atoms with E-state index in [1.165, 1.54) is 0 Å². The van der Waals surface area contributed by atoms with Crippen molar-refractivity contribution < 1.29 is 14.3 Å². The molecule has 3 rings (SSSR count). The summed E-state index contributed by atoms with van der Waals surface area (Å²) in [5.74, 6) is -0.196. The summed E-state index contributed by atoms with van der Waals surface area (Å²) in [7, 11) is 0. The standard InChI is InChI=1S/C16H21N3O3/c20-15-9-13(16(21)18-14-3-7-22-8-4-14)11-19(15)10-12-1-5-17-6-2-12/h1-2,5-6,13-14H,3-4,7-11H2,(H,18,21). The van der Waals surface area contributed by atoms with E-state index in [0.29, 0.717) is 32.7 Å². The molecule has 0 bridgehead atoms. The number of hydrogen-bond acceptors (Lipinski definition) is 4. The monoisotopic (exact) mass is 303 g/mol. The molecule has 1 atom stereocenters. The number of nitrogens with zero attached hydrogens (tertiary/aromatic N) is 2. The van der Waals surface area contributed by atoms with Gasteiger partial charge in [0, 0.05) is 51.2 Å². The molecule has 2 amide bonds. The maximum absolute atomic E-state index is 12.3. The SMILES string of the molecule is O=C(NC1CCOCC1)C1CC(=O)N(Cc2ccncc2)C1. The lowest BCUT2D eigenvalue weighted by atomic mass is 10.0. The van der Waals surface area contributed by atoms with Crippen molar-refractivity contribution in [3.8, 4) is 0 Å². The van der Waals surface area contributed by atoms with Gasteiger partial charge in [-0.1, -0.05) is 0 Å². The lowest BCUT2D eigenvalue weighted by Gasteiger charge is -2.24. The third-order valence-electron chi connectivity index (χ3n) is 4.28. The van der Waals surface area contributed by atoms with Crippen LogP contribution in [0.2, 0.25) is 0 Å². The summed E-state index contributed by atoms with van der Waals surface area (Å²) < 4.78 is 5.29. The number of carbonyl (C=O) groups excluding carboxylic acids is 2. The van der Waals surface area contributed by atoms with E-state index >= 15 is 0 Å². The maximum atomic E-state index is 12.3. The quantitative estimate of drug-likeness (QED) is 0.890. The second kappa shape index (κ2) is 6.87. The first kappa shape index (κ1) is 15.0. The second-order valence-corrected chi connectivity index (χ2v) is 5.93. The number of rotatable bonds is 4. The van der Waals surface area contributed by atoms with Crippen molar-refractivity contribution in [3.05, 3.63) is 30.1 Å². The van der Waals surface area contributed by atoms with Gasteiger partial charge in [-0.15, -0.1) is 0 Å². The summed E-state index contributed by atoms with van der Waals surface area (Å²) in [5.41, 5.74) is 1.04. The van der Waals surface area contributed by atoms with Gasteiger partial charge in [0.2, 0.25) is 11.8 Å². The zero-order valence-electron chi connectivity index (χ0n) is 12.5. The highest BCUT2D eigenvalue weighted by molar-refractivity contribution is 5.89. The summed E-state index contributed by atoms with van der Waals surface area (Å²) in [6.07, 6.45) is 5.44. The number of amides is 2. The Morgan fingerprint density at radius 3 is 2.77 bits per heavy atom. The van der Waals surface area contributed by atoms with E-state index in [0.717, 1.165) is 18.4 Å². The van der Waals surface area contributed by atoms with Crippen LogP contribution in [0.1, 0.15) is 24.8 Å². The lowest BCUT2D eigenvalue weighted by molar-refractivity contribution is -0.129. The molecular weight excluding hydrogens is 282 g/mol. The highest BCUT2D eigenvalue weighted by Crippen LogP contribution is 2.21. The molecule has 1 aromatic heterocycles. The van der Waals surface area contributed by atoms with Gasteiger partial charge in [-0.05, 0) is 30.5 Å². The average molecular weight is 303 g/mol. The van der Waals surface area contributed by atoms with Gasteiger partial charge in [0.05, 0.1) is 5.92 Å². The van der Waals surface area contributed by atoms with E-state index < -0.39 is 0 Å². The Kier molecular flexibility index (Phi) is 4.68. The van der Waals surface area contributed by atoms with Crippen LogP contribution in [0.25, 0.3) is 0 Å². The molecule has 3 heterocycles. The van der Waals surface area contributed by atoms with Crippen molar-refractivity contribution in [2.75, 3.05) is 19.8 Å². The summed E-state index contributed by atoms with van der Waals surface area (Å²) in [6, 6.07) is 3.97. The second-order valence-electron chi connectivity index (χ2n) is 5.93. The van der Waals surface area contributed by atoms with Gasteiger partial charge in [0.25, 0.3) is 0 Å². The predicted octanol–water partition coefficient (Wildman–Crippen LogP) is 0.725. The van der Waals surface area contributed by atoms with Crippen molar-refractivity contribution in [3.63, 3.8) is 0 Å². The van der Waals surface area contributed by atoms with Crippen LogP contribution in [0, 0.1) is 5.92 Å². The van der Waals surface area contributed by atoms with Gasteiger partial charge in [-0.2, -0.15) is 0 Å². The van der Waals surface area contributed by atoms with Crippen LogP contribution >= 0.6 is 0 Å². The minimum Gasteiger partial charge on any atom is -0.381 e. The Balaban J connectivity index is 1.53. The number of ether oxygens (including phenoxy) is 1. The van der Waals surface area contributed by atoms with E-state index in [9.17, 15) is 9.59 Å². The third-order valence-corrected chi connectivity index (χ3v) is 4.28. The number of carbonyl (C=O) groups is 2. The summed E-state index contributed by atoms with van der Waals surface area (Å²) in [5, 5.41) is 3.06. The first-order valence-electron chi connectivity index (χ1n) is 7.77. The predicted molar refractivity (Wildman–Crippen MR) is 79.7 cm³/mol. The molecule has 0 saturated carbocycles. The number of pyridine rings is 1. The van der Waals surface area contributed by atoms with Gasteiger partial charge < -0.3 is 15.0 Å². The minimum absolute atomic E-state index is 0.00233. The molecule has 2 aliphatic rings. The molecule has 2 saturated heterocycles. The van der Waals surface area contributed by atoms with Gasteiger partial charge in [-0.3, -0.25) is 14.6 Å². The molecule has 22 heavy (non-hydrogen) atoms. The van der Waals surface area contributed by atoms with Crippen LogP contribution < -0.4 is 5.32 Å². The molecular formula is C16H21N3O3. The summed E-state index contributed by atoms with van der Waals surface area (Å²) in [6.45, 7) is 2.43. The van der Waals surface area contributed by atoms with Crippen LogP contribution in [0.5, 0.6) is 0 Å². The highest BCUT2D eigenvalue weighted by Gasteiger charge is 2.35. The first-order chi connectivity index (χ1) is 10.7. The number of likely N-dealkylation sites (tertiary alicyclic amines) is 1. The zero-order chi connectivity index (χ0) is 15.4. The molecule has 2 fully saturated rings. The molecule has 0 aliphatic carbocycles. The Labute approximate surface area is 129 Å². The highest BCUT2D eigenvalue weighted by atomic mass is 16.5. The number of hydrogen-bond donors (Lipinski definition) is 1. The number of nitrogens with one attached hydrogen (secondary N) is 1. The fraction of sp³-hybridized carbons (Fsp3) is 0.562. The van der Waals surface area contributed by atoms with Crippen molar-refractivity contribution in [2.45, 2.75) is 31.8 Å². The van der Waals surface area contributed by atoms with E-state index in [1.807, 2.05) is 12.1 Å². The van der Waals surface area contributed by atoms with Gasteiger partial charge >= 0.3 is 0 Å². The van der Waals surface area contributed by atoms with Gasteiger partial charge in [-0.25, -0.2) is 0 Å². The summed E-state index contributed by atoms with van der Waals surface area (Å²) >= 11 is 0. The topological polar surface area (TPSA) is 71.5 Å². The molecule has 1 N–H and O–H groups in total. The zero-order valence-corrected chi connectivity index (χ0v) is 12.5. The maximum Gasteiger partial charge on any atom is 0.225 e. The van der Waals surface area contributed by atoms with Crippen molar-refractivity contribution in [1.29, 1.82) is 0 Å². The third kappa shape index (κ3) is 3.62. The molecule has 1 aromatic rings. The van der Waals surface area contributed by atoms with Crippen LogP contribution in [0.4, 0.5) is 0 Å². The largest absolute Gasteiger partial charge is 0.381 e. The van der Waals surface area contributed by atoms with Crippen molar-refractivity contribution >= 4 is 11.8 Å². The average Bonchev–Trinajstić information content (AvgIpc) is 2.90. The van der Waals surface area contributed by atoms with Crippen molar-refractivity contribution in [1.82, 2.24) is 15.2 Å². The lowest BCUT2D eigenvalue weighted by Crippen LogP contribution is -2.42. The molecule has 0 aromatic carbocycles. The van der Waals surface area contributed by atoms with E-state index in [4.69, 9.17) is 4.74 Å². The minimum atomic E-state index is -0.239. The fourth-order valence-electron chi connectivity index (χ4n) is 2.97. The molecule has 6 nitrogen and oxygen atoms in total. The molecule has 2 aliphatic heterocycles. The Bertz CT molecular complexity index is 529. The fourth-order valence-corrected chi connectivity index (χ4v) is 2.97. The first-order valence-corrected chi connectivity index (χ1v) is 7.77. The van der Waals surface area contributed by atoms with E-state index in [1.54, 1.807) is 17.3 Å². The molecule has 0 spiro atoms. The van der Waals surface area contributed by atoms with Crippen LogP contribution in [0.3, 0.4) is 0 Å². The van der Waals surface area contributed by atoms with Crippen LogP contribution in [-0.4, -0.2) is 47.5 Å². The van der Waals surface area contributed by atoms with Gasteiger partial charge in [0.15, 0.2) is 0 Å². The smallest absolute Gasteiger partial charge is 0.225 e. The molecule has 0 radical (unpaired) electrons. The summed E-state index contributed by atoms with van der Waals surface area (Å²) in [4.78, 5) is 30.1. The molecule has 6 heteroatoms. The molecule has 118 valence electrons. The van der Waals surface area contributed by atoms with E-state index in [-0.39, 0.29) is 23.8 Å². The Morgan fingerprint density at radius 2 is 2.05 bits per heavy atom. The normalized spacial score (nSPS) is 22.8.